The number of nitrogens with zero attached hydrogens (tertiary/aromatic N) is 2. The number of hydrogen-bond donors (Lipinski definition) is 1. The van der Waals surface area contributed by atoms with E-state index in [1.807, 2.05) is 4.90 Å². The van der Waals surface area contributed by atoms with Gasteiger partial charge in [-0.25, -0.2) is 4.98 Å². The molecule has 1 aromatic heterocycles. The van der Waals surface area contributed by atoms with Crippen molar-refractivity contribution < 1.29 is 4.79 Å². The van der Waals surface area contributed by atoms with E-state index in [1.165, 1.54) is 5.56 Å². The standard InChI is InChI=1S/C15H19N3O/c1-10-3-4-13-14(9-10)17-15(16-13)12-5-7-18(8-6-12)11(2)19/h3-4,9,12H,5-8H2,1-2H3,(H,16,17). The van der Waals surface area contributed by atoms with E-state index < -0.39 is 0 Å². The maximum absolute atomic E-state index is 11.3. The zero-order valence-electron chi connectivity index (χ0n) is 11.4. The molecule has 0 spiro atoms. The lowest BCUT2D eigenvalue weighted by Gasteiger charge is -2.30. The van der Waals surface area contributed by atoms with Gasteiger partial charge < -0.3 is 9.88 Å². The number of imidazole rings is 1. The summed E-state index contributed by atoms with van der Waals surface area (Å²) in [4.78, 5) is 21.4. The van der Waals surface area contributed by atoms with Gasteiger partial charge in [0.15, 0.2) is 0 Å². The van der Waals surface area contributed by atoms with Crippen LogP contribution in [0.25, 0.3) is 11.0 Å². The molecule has 2 heterocycles. The predicted octanol–water partition coefficient (Wildman–Crippen LogP) is 2.60. The van der Waals surface area contributed by atoms with Crippen LogP contribution in [0.2, 0.25) is 0 Å². The lowest BCUT2D eigenvalue weighted by Crippen LogP contribution is -2.36. The second kappa shape index (κ2) is 4.68. The summed E-state index contributed by atoms with van der Waals surface area (Å²) in [5.74, 6) is 1.70. The van der Waals surface area contributed by atoms with Crippen LogP contribution >= 0.6 is 0 Å². The molecule has 19 heavy (non-hydrogen) atoms. The Morgan fingerprint density at radius 2 is 2.11 bits per heavy atom. The fraction of sp³-hybridized carbons (Fsp3) is 0.467. The third-order valence-corrected chi connectivity index (χ3v) is 3.98. The largest absolute Gasteiger partial charge is 0.343 e. The van der Waals surface area contributed by atoms with Crippen molar-refractivity contribution in [3.05, 3.63) is 29.6 Å². The van der Waals surface area contributed by atoms with Crippen molar-refractivity contribution >= 4 is 16.9 Å². The number of benzene rings is 1. The number of aromatic nitrogens is 2. The first kappa shape index (κ1) is 12.2. The molecule has 4 heteroatoms. The monoisotopic (exact) mass is 257 g/mol. The fourth-order valence-corrected chi connectivity index (χ4v) is 2.80. The number of aryl methyl sites for hydroxylation is 1. The molecule has 0 atom stereocenters. The minimum Gasteiger partial charge on any atom is -0.343 e. The number of H-pyrrole nitrogens is 1. The van der Waals surface area contributed by atoms with E-state index in [4.69, 9.17) is 0 Å². The van der Waals surface area contributed by atoms with Gasteiger partial charge >= 0.3 is 0 Å². The van der Waals surface area contributed by atoms with Gasteiger partial charge in [0.2, 0.25) is 5.91 Å². The van der Waals surface area contributed by atoms with E-state index in [9.17, 15) is 4.79 Å². The molecule has 0 unspecified atom stereocenters. The van der Waals surface area contributed by atoms with Gasteiger partial charge in [-0.05, 0) is 37.5 Å². The van der Waals surface area contributed by atoms with E-state index in [0.717, 1.165) is 42.8 Å². The topological polar surface area (TPSA) is 49.0 Å². The van der Waals surface area contributed by atoms with E-state index in [-0.39, 0.29) is 5.91 Å². The minimum absolute atomic E-state index is 0.179. The number of aromatic amines is 1. The summed E-state index contributed by atoms with van der Waals surface area (Å²) in [6, 6.07) is 6.29. The molecular weight excluding hydrogens is 238 g/mol. The first-order valence-electron chi connectivity index (χ1n) is 6.85. The molecule has 1 fully saturated rings. The van der Waals surface area contributed by atoms with E-state index in [1.54, 1.807) is 6.92 Å². The van der Waals surface area contributed by atoms with Crippen molar-refractivity contribution in [1.29, 1.82) is 0 Å². The van der Waals surface area contributed by atoms with Crippen LogP contribution in [-0.4, -0.2) is 33.9 Å². The highest BCUT2D eigenvalue weighted by Gasteiger charge is 2.24. The van der Waals surface area contributed by atoms with Gasteiger partial charge in [-0.15, -0.1) is 0 Å². The van der Waals surface area contributed by atoms with Gasteiger partial charge in [0, 0.05) is 25.9 Å². The summed E-state index contributed by atoms with van der Waals surface area (Å²) in [6.07, 6.45) is 2.00. The number of likely N-dealkylation sites (tertiary alicyclic amines) is 1. The first-order valence-corrected chi connectivity index (χ1v) is 6.85. The van der Waals surface area contributed by atoms with Crippen molar-refractivity contribution in [2.24, 2.45) is 0 Å². The van der Waals surface area contributed by atoms with Crippen LogP contribution in [0.1, 0.15) is 37.1 Å². The molecule has 0 saturated carbocycles. The van der Waals surface area contributed by atoms with E-state index >= 15 is 0 Å². The van der Waals surface area contributed by atoms with Gasteiger partial charge in [0.25, 0.3) is 0 Å². The minimum atomic E-state index is 0.179. The smallest absolute Gasteiger partial charge is 0.219 e. The van der Waals surface area contributed by atoms with E-state index in [0.29, 0.717) is 5.92 Å². The average Bonchev–Trinajstić information content (AvgIpc) is 2.81. The molecule has 1 aliphatic heterocycles. The Balaban J connectivity index is 1.80. The lowest BCUT2D eigenvalue weighted by molar-refractivity contribution is -0.129. The normalized spacial score (nSPS) is 17.1. The van der Waals surface area contributed by atoms with Crippen LogP contribution in [-0.2, 0) is 4.79 Å². The Bertz CT molecular complexity index is 609. The highest BCUT2D eigenvalue weighted by atomic mass is 16.2. The number of carbonyl (C=O) groups excluding carboxylic acids is 1. The summed E-state index contributed by atoms with van der Waals surface area (Å²) in [7, 11) is 0. The number of hydrogen-bond acceptors (Lipinski definition) is 2. The van der Waals surface area contributed by atoms with Crippen LogP contribution in [0.4, 0.5) is 0 Å². The molecule has 100 valence electrons. The Morgan fingerprint density at radius 3 is 2.79 bits per heavy atom. The maximum atomic E-state index is 11.3. The summed E-state index contributed by atoms with van der Waals surface area (Å²) < 4.78 is 0. The second-order valence-electron chi connectivity index (χ2n) is 5.42. The third kappa shape index (κ3) is 2.35. The highest BCUT2D eigenvalue weighted by molar-refractivity contribution is 5.76. The van der Waals surface area contributed by atoms with Crippen molar-refractivity contribution in [3.63, 3.8) is 0 Å². The molecule has 1 aromatic carbocycles. The molecule has 3 rings (SSSR count). The third-order valence-electron chi connectivity index (χ3n) is 3.98. The number of piperidine rings is 1. The summed E-state index contributed by atoms with van der Waals surface area (Å²) in [5.41, 5.74) is 3.40. The van der Waals surface area contributed by atoms with Crippen LogP contribution in [0, 0.1) is 6.92 Å². The summed E-state index contributed by atoms with van der Waals surface area (Å²) >= 11 is 0. The van der Waals surface area contributed by atoms with Crippen molar-refractivity contribution in [3.8, 4) is 0 Å². The summed E-state index contributed by atoms with van der Waals surface area (Å²) in [6.45, 7) is 5.42. The molecule has 0 radical (unpaired) electrons. The quantitative estimate of drug-likeness (QED) is 0.853. The van der Waals surface area contributed by atoms with Crippen LogP contribution in [0.15, 0.2) is 18.2 Å². The van der Waals surface area contributed by atoms with Gasteiger partial charge in [0.1, 0.15) is 5.82 Å². The second-order valence-corrected chi connectivity index (χ2v) is 5.42. The number of fused-ring (bicyclic) bond motifs is 1. The molecule has 1 amide bonds. The zero-order chi connectivity index (χ0) is 13.4. The van der Waals surface area contributed by atoms with Gasteiger partial charge in [-0.2, -0.15) is 0 Å². The van der Waals surface area contributed by atoms with Crippen molar-refractivity contribution in [2.45, 2.75) is 32.6 Å². The SMILES string of the molecule is CC(=O)N1CCC(c2nc3ccc(C)cc3[nH]2)CC1. The van der Waals surface area contributed by atoms with E-state index in [2.05, 4.69) is 35.1 Å². The molecular formula is C15H19N3O. The first-order chi connectivity index (χ1) is 9.13. The van der Waals surface area contributed by atoms with Crippen molar-refractivity contribution in [1.82, 2.24) is 14.9 Å². The van der Waals surface area contributed by atoms with Gasteiger partial charge in [-0.1, -0.05) is 6.07 Å². The van der Waals surface area contributed by atoms with Gasteiger partial charge in [0.05, 0.1) is 11.0 Å². The number of rotatable bonds is 1. The number of carbonyl (C=O) groups is 1. The molecule has 1 saturated heterocycles. The zero-order valence-corrected chi connectivity index (χ0v) is 11.4. The van der Waals surface area contributed by atoms with Crippen molar-refractivity contribution in [2.75, 3.05) is 13.1 Å². The predicted molar refractivity (Wildman–Crippen MR) is 75.1 cm³/mol. The molecule has 0 bridgehead atoms. The average molecular weight is 257 g/mol. The Morgan fingerprint density at radius 1 is 1.37 bits per heavy atom. The lowest BCUT2D eigenvalue weighted by atomic mass is 9.96. The fourth-order valence-electron chi connectivity index (χ4n) is 2.80. The molecule has 4 nitrogen and oxygen atoms in total. The number of amides is 1. The molecule has 1 aliphatic rings. The Kier molecular flexibility index (Phi) is 3.01. The summed E-state index contributed by atoms with van der Waals surface area (Å²) in [5, 5.41) is 0. The maximum Gasteiger partial charge on any atom is 0.219 e. The Hall–Kier alpha value is -1.84. The molecule has 0 aliphatic carbocycles. The number of nitrogens with one attached hydrogen (secondary N) is 1. The van der Waals surface area contributed by atoms with Gasteiger partial charge in [-0.3, -0.25) is 4.79 Å². The van der Waals surface area contributed by atoms with Crippen LogP contribution in [0.5, 0.6) is 0 Å². The van der Waals surface area contributed by atoms with Crippen LogP contribution < -0.4 is 0 Å². The Labute approximate surface area is 112 Å². The van der Waals surface area contributed by atoms with Crippen LogP contribution in [0.3, 0.4) is 0 Å². The molecule has 1 N–H and O–H groups in total. The highest BCUT2D eigenvalue weighted by Crippen LogP contribution is 2.27. The molecule has 2 aromatic rings.